The van der Waals surface area contributed by atoms with Crippen LogP contribution < -0.4 is 0 Å². The third kappa shape index (κ3) is 3.23. The Balaban J connectivity index is 2.37. The number of hydrogen-bond donors (Lipinski definition) is 0. The number of rotatable bonds is 2. The lowest BCUT2D eigenvalue weighted by atomic mass is 10.0. The molecule has 0 atom stereocenters. The second-order valence-electron chi connectivity index (χ2n) is 5.12. The Kier molecular flexibility index (Phi) is 4.75. The second kappa shape index (κ2) is 5.84. The van der Waals surface area contributed by atoms with Gasteiger partial charge in [0, 0.05) is 22.0 Å². The summed E-state index contributed by atoms with van der Waals surface area (Å²) in [6.07, 6.45) is 1.87. The average Bonchev–Trinajstić information content (AvgIpc) is 2.34. The molecule has 6 heteroatoms. The number of piperidine rings is 1. The zero-order valence-electron chi connectivity index (χ0n) is 11.0. The third-order valence-corrected chi connectivity index (χ3v) is 7.29. The summed E-state index contributed by atoms with van der Waals surface area (Å²) < 4.78 is 28.3. The van der Waals surface area contributed by atoms with E-state index in [-0.39, 0.29) is 0 Å². The van der Waals surface area contributed by atoms with Gasteiger partial charge in [-0.05, 0) is 59.3 Å². The lowest BCUT2D eigenvalue weighted by Crippen LogP contribution is -2.38. The highest BCUT2D eigenvalue weighted by atomic mass is 79.9. The van der Waals surface area contributed by atoms with Gasteiger partial charge in [-0.25, -0.2) is 8.42 Å². The molecule has 2 rings (SSSR count). The molecular weight excluding hydrogens is 394 g/mol. The molecule has 1 heterocycles. The van der Waals surface area contributed by atoms with Crippen molar-refractivity contribution in [2.75, 3.05) is 13.1 Å². The first-order valence-corrected chi connectivity index (χ1v) is 9.31. The zero-order valence-corrected chi connectivity index (χ0v) is 15.0. The molecule has 0 radical (unpaired) electrons. The van der Waals surface area contributed by atoms with Crippen molar-refractivity contribution >= 4 is 41.9 Å². The Labute approximate surface area is 131 Å². The van der Waals surface area contributed by atoms with Crippen LogP contribution in [-0.2, 0) is 10.0 Å². The molecule has 3 nitrogen and oxygen atoms in total. The minimum absolute atomic E-state index is 0.347. The SMILES string of the molecule is Cc1cc(Br)c(S(=O)(=O)N2CCC(C)CC2)cc1Br. The average molecular weight is 411 g/mol. The van der Waals surface area contributed by atoms with Gasteiger partial charge >= 0.3 is 0 Å². The van der Waals surface area contributed by atoms with Crippen LogP contribution in [0, 0.1) is 12.8 Å². The Bertz CT molecular complexity index is 579. The number of sulfonamides is 1. The summed E-state index contributed by atoms with van der Waals surface area (Å²) in [5.41, 5.74) is 1.01. The molecule has 0 amide bonds. The fraction of sp³-hybridized carbons (Fsp3) is 0.538. The van der Waals surface area contributed by atoms with E-state index >= 15 is 0 Å². The van der Waals surface area contributed by atoms with Crippen LogP contribution in [-0.4, -0.2) is 25.8 Å². The van der Waals surface area contributed by atoms with E-state index in [9.17, 15) is 8.42 Å². The number of aryl methyl sites for hydroxylation is 1. The molecule has 1 aliphatic rings. The minimum Gasteiger partial charge on any atom is -0.207 e. The van der Waals surface area contributed by atoms with E-state index in [0.717, 1.165) is 22.9 Å². The van der Waals surface area contributed by atoms with Gasteiger partial charge in [0.25, 0.3) is 0 Å². The van der Waals surface area contributed by atoms with Crippen LogP contribution in [0.4, 0.5) is 0 Å². The van der Waals surface area contributed by atoms with E-state index in [1.54, 1.807) is 10.4 Å². The maximum absolute atomic E-state index is 12.7. The molecule has 0 N–H and O–H groups in total. The van der Waals surface area contributed by atoms with Crippen LogP contribution in [0.2, 0.25) is 0 Å². The predicted octanol–water partition coefficient (Wildman–Crippen LogP) is 3.94. The topological polar surface area (TPSA) is 37.4 Å². The molecular formula is C13H17Br2NO2S. The Hall–Kier alpha value is 0.0900. The van der Waals surface area contributed by atoms with Crippen LogP contribution in [0.5, 0.6) is 0 Å². The number of hydrogen-bond acceptors (Lipinski definition) is 2. The standard InChI is InChI=1S/C13H17Br2NO2S/c1-9-3-5-16(6-4-9)19(17,18)13-8-11(14)10(2)7-12(13)15/h7-9H,3-6H2,1-2H3. The third-order valence-electron chi connectivity index (χ3n) is 3.57. The zero-order chi connectivity index (χ0) is 14.2. The summed E-state index contributed by atoms with van der Waals surface area (Å²) in [7, 11) is -3.40. The van der Waals surface area contributed by atoms with Crippen molar-refractivity contribution in [1.82, 2.24) is 4.31 Å². The maximum Gasteiger partial charge on any atom is 0.244 e. The van der Waals surface area contributed by atoms with E-state index in [0.29, 0.717) is 28.4 Å². The van der Waals surface area contributed by atoms with Crippen LogP contribution >= 0.6 is 31.9 Å². The van der Waals surface area contributed by atoms with Gasteiger partial charge in [-0.3, -0.25) is 0 Å². The van der Waals surface area contributed by atoms with Crippen molar-refractivity contribution < 1.29 is 8.42 Å². The fourth-order valence-electron chi connectivity index (χ4n) is 2.19. The highest BCUT2D eigenvalue weighted by Gasteiger charge is 2.29. The monoisotopic (exact) mass is 409 g/mol. The summed E-state index contributed by atoms with van der Waals surface area (Å²) in [6.45, 7) is 5.33. The van der Waals surface area contributed by atoms with Crippen LogP contribution in [0.25, 0.3) is 0 Å². The molecule has 0 aromatic heterocycles. The molecule has 19 heavy (non-hydrogen) atoms. The smallest absolute Gasteiger partial charge is 0.207 e. The molecule has 1 aromatic carbocycles. The van der Waals surface area contributed by atoms with Gasteiger partial charge in [0.05, 0.1) is 4.90 Å². The summed E-state index contributed by atoms with van der Waals surface area (Å²) in [4.78, 5) is 0.347. The maximum atomic E-state index is 12.7. The lowest BCUT2D eigenvalue weighted by molar-refractivity contribution is 0.288. The number of benzene rings is 1. The van der Waals surface area contributed by atoms with Gasteiger partial charge in [-0.1, -0.05) is 22.9 Å². The molecule has 0 unspecified atom stereocenters. The molecule has 1 aromatic rings. The van der Waals surface area contributed by atoms with E-state index in [4.69, 9.17) is 0 Å². The van der Waals surface area contributed by atoms with Crippen molar-refractivity contribution in [1.29, 1.82) is 0 Å². The summed E-state index contributed by atoms with van der Waals surface area (Å²) in [6, 6.07) is 3.52. The van der Waals surface area contributed by atoms with Crippen molar-refractivity contribution in [3.05, 3.63) is 26.6 Å². The Morgan fingerprint density at radius 3 is 2.32 bits per heavy atom. The minimum atomic E-state index is -3.40. The van der Waals surface area contributed by atoms with E-state index < -0.39 is 10.0 Å². The highest BCUT2D eigenvalue weighted by Crippen LogP contribution is 2.32. The molecule has 0 saturated carbocycles. The Morgan fingerprint density at radius 1 is 1.16 bits per heavy atom. The Morgan fingerprint density at radius 2 is 1.74 bits per heavy atom. The largest absolute Gasteiger partial charge is 0.244 e. The fourth-order valence-corrected chi connectivity index (χ4v) is 5.30. The van der Waals surface area contributed by atoms with E-state index in [1.165, 1.54) is 0 Å². The summed E-state index contributed by atoms with van der Waals surface area (Å²) >= 11 is 6.77. The van der Waals surface area contributed by atoms with Gasteiger partial charge in [-0.15, -0.1) is 0 Å². The summed E-state index contributed by atoms with van der Waals surface area (Å²) in [5, 5.41) is 0. The molecule has 0 bridgehead atoms. The first-order chi connectivity index (χ1) is 8.82. The van der Waals surface area contributed by atoms with Crippen LogP contribution in [0.1, 0.15) is 25.3 Å². The molecule has 1 aliphatic heterocycles. The molecule has 106 valence electrons. The van der Waals surface area contributed by atoms with Crippen LogP contribution in [0.15, 0.2) is 26.0 Å². The van der Waals surface area contributed by atoms with Gasteiger partial charge in [0.15, 0.2) is 0 Å². The van der Waals surface area contributed by atoms with Gasteiger partial charge in [0.1, 0.15) is 0 Å². The van der Waals surface area contributed by atoms with Crippen molar-refractivity contribution in [2.24, 2.45) is 5.92 Å². The lowest BCUT2D eigenvalue weighted by Gasteiger charge is -2.29. The molecule has 0 spiro atoms. The van der Waals surface area contributed by atoms with Gasteiger partial charge in [0.2, 0.25) is 10.0 Å². The number of halogens is 2. The first kappa shape index (κ1) is 15.5. The van der Waals surface area contributed by atoms with Gasteiger partial charge < -0.3 is 0 Å². The number of nitrogens with zero attached hydrogens (tertiary/aromatic N) is 1. The van der Waals surface area contributed by atoms with Crippen LogP contribution in [0.3, 0.4) is 0 Å². The van der Waals surface area contributed by atoms with E-state index in [1.807, 2.05) is 13.0 Å². The highest BCUT2D eigenvalue weighted by molar-refractivity contribution is 9.11. The molecule has 1 saturated heterocycles. The molecule has 1 fully saturated rings. The first-order valence-electron chi connectivity index (χ1n) is 6.28. The van der Waals surface area contributed by atoms with Gasteiger partial charge in [-0.2, -0.15) is 4.31 Å². The van der Waals surface area contributed by atoms with Crippen molar-refractivity contribution in [2.45, 2.75) is 31.6 Å². The summed E-state index contributed by atoms with van der Waals surface area (Å²) in [5.74, 6) is 0.611. The predicted molar refractivity (Wildman–Crippen MR) is 83.7 cm³/mol. The van der Waals surface area contributed by atoms with E-state index in [2.05, 4.69) is 38.8 Å². The molecule has 0 aliphatic carbocycles. The second-order valence-corrected chi connectivity index (χ2v) is 8.73. The normalized spacial score (nSPS) is 18.7. The quantitative estimate of drug-likeness (QED) is 0.740. The van der Waals surface area contributed by atoms with Crippen molar-refractivity contribution in [3.8, 4) is 0 Å². The van der Waals surface area contributed by atoms with Crippen molar-refractivity contribution in [3.63, 3.8) is 0 Å².